The van der Waals surface area contributed by atoms with Crippen LogP contribution in [0.3, 0.4) is 0 Å². The molecule has 0 aliphatic carbocycles. The van der Waals surface area contributed by atoms with E-state index in [4.69, 9.17) is 5.21 Å². The molecule has 0 aliphatic heterocycles. The van der Waals surface area contributed by atoms with Gasteiger partial charge in [0.2, 0.25) is 0 Å². The minimum Gasteiger partial charge on any atom is -0.335 e. The second kappa shape index (κ2) is 19.0. The molecule has 2 aromatic carbocycles. The quantitative estimate of drug-likeness (QED) is 0.321. The van der Waals surface area contributed by atoms with E-state index in [-0.39, 0.29) is 22.4 Å². The van der Waals surface area contributed by atoms with E-state index in [0.29, 0.717) is 11.6 Å². The van der Waals surface area contributed by atoms with Crippen molar-refractivity contribution in [2.45, 2.75) is 47.5 Å². The van der Waals surface area contributed by atoms with Gasteiger partial charge in [0.25, 0.3) is 0 Å². The molecule has 0 bridgehead atoms. The van der Waals surface area contributed by atoms with Crippen molar-refractivity contribution in [1.82, 2.24) is 0 Å². The summed E-state index contributed by atoms with van der Waals surface area (Å²) >= 11 is 0. The molecule has 2 N–H and O–H groups in total. The summed E-state index contributed by atoms with van der Waals surface area (Å²) in [7, 11) is 0. The molecule has 25 heavy (non-hydrogen) atoms. The molecule has 0 atom stereocenters. The third kappa shape index (κ3) is 14.7. The Balaban J connectivity index is -0.000000306. The van der Waals surface area contributed by atoms with Gasteiger partial charge in [-0.1, -0.05) is 39.3 Å². The number of benzene rings is 2. The Morgan fingerprint density at radius 1 is 1.00 bits per heavy atom. The summed E-state index contributed by atoms with van der Waals surface area (Å²) in [5.41, 5.74) is 5.88. The molecule has 0 aliphatic rings. The Labute approximate surface area is 171 Å². The maximum absolute atomic E-state index is 8.49. The predicted octanol–water partition coefficient (Wildman–Crippen LogP) is 6.72. The van der Waals surface area contributed by atoms with Gasteiger partial charge in [-0.15, -0.1) is 18.2 Å². The molecular formula is C22H33NNbO-4. The first-order chi connectivity index (χ1) is 11.5. The fraction of sp³-hybridized carbons (Fsp3) is 0.318. The van der Waals surface area contributed by atoms with Crippen LogP contribution in [-0.4, -0.2) is 5.21 Å². The summed E-state index contributed by atoms with van der Waals surface area (Å²) in [5.74, 6) is 0.513. The van der Waals surface area contributed by atoms with Crippen LogP contribution < -0.4 is 5.48 Å². The molecule has 0 aromatic heterocycles. The Morgan fingerprint density at radius 3 is 1.68 bits per heavy atom. The third-order valence-corrected chi connectivity index (χ3v) is 2.74. The molecule has 0 spiro atoms. The zero-order valence-electron chi connectivity index (χ0n) is 16.5. The molecule has 1 radical (unpaired) electrons. The largest absolute Gasteiger partial charge is 0.335 e. The van der Waals surface area contributed by atoms with Crippen molar-refractivity contribution in [3.63, 3.8) is 0 Å². The van der Waals surface area contributed by atoms with E-state index in [1.54, 1.807) is 6.07 Å². The summed E-state index contributed by atoms with van der Waals surface area (Å²) in [6, 6.07) is 16.4. The van der Waals surface area contributed by atoms with E-state index in [9.17, 15) is 0 Å². The van der Waals surface area contributed by atoms with E-state index in [1.165, 1.54) is 5.56 Å². The molecule has 0 amide bonds. The van der Waals surface area contributed by atoms with Crippen LogP contribution in [0.1, 0.15) is 64.2 Å². The number of hydrogen-bond acceptors (Lipinski definition) is 2. The number of rotatable bonds is 2. The molecule has 0 unspecified atom stereocenters. The molecule has 2 rings (SSSR count). The molecular weight excluding hydrogens is 387 g/mol. The number of anilines is 1. The predicted molar refractivity (Wildman–Crippen MR) is 107 cm³/mol. The van der Waals surface area contributed by atoms with Crippen molar-refractivity contribution < 1.29 is 27.6 Å². The third-order valence-electron chi connectivity index (χ3n) is 2.74. The fourth-order valence-electron chi connectivity index (χ4n) is 1.42. The topological polar surface area (TPSA) is 32.3 Å². The van der Waals surface area contributed by atoms with Crippen molar-refractivity contribution in [2.24, 2.45) is 0 Å². The van der Waals surface area contributed by atoms with Crippen molar-refractivity contribution in [2.75, 3.05) is 5.48 Å². The van der Waals surface area contributed by atoms with Gasteiger partial charge in [-0.05, 0) is 0 Å². The van der Waals surface area contributed by atoms with Crippen LogP contribution in [0.2, 0.25) is 0 Å². The monoisotopic (exact) mass is 420 g/mol. The average Bonchev–Trinajstić information content (AvgIpc) is 2.60. The normalized spacial score (nSPS) is 8.32. The van der Waals surface area contributed by atoms with Crippen LogP contribution in [-0.2, 0) is 22.4 Å². The molecule has 2 aromatic rings. The van der Waals surface area contributed by atoms with Gasteiger partial charge in [-0.3, -0.25) is 35.7 Å². The number of nitrogens with one attached hydrogen (secondary N) is 1. The first-order valence-corrected chi connectivity index (χ1v) is 8.34. The van der Waals surface area contributed by atoms with Crippen LogP contribution in [0.15, 0.2) is 42.5 Å². The second-order valence-corrected chi connectivity index (χ2v) is 5.15. The molecule has 0 saturated carbocycles. The Hall–Kier alpha value is -1.32. The van der Waals surface area contributed by atoms with Crippen LogP contribution >= 0.6 is 0 Å². The van der Waals surface area contributed by atoms with Gasteiger partial charge in [0.15, 0.2) is 0 Å². The SMILES string of the molecule is CC.CC(C)c1c[c-]c(NO)cc1.C[CH-]C.[CH2-]c1ccccc1[CH2-].[Nb]. The summed E-state index contributed by atoms with van der Waals surface area (Å²) < 4.78 is 0. The molecule has 0 fully saturated rings. The summed E-state index contributed by atoms with van der Waals surface area (Å²) in [6.45, 7) is 19.8. The minimum absolute atomic E-state index is 0. The van der Waals surface area contributed by atoms with Crippen LogP contribution in [0, 0.1) is 26.3 Å². The molecule has 3 heteroatoms. The zero-order valence-corrected chi connectivity index (χ0v) is 18.7. The standard InChI is InChI=1S/C9H12NO.C8H8.C3H7.C2H6.Nb/c1-7(2)8-3-5-9(10-11)6-4-8;1-7-5-3-4-6-8(7)2;1-3-2;1-2;/h3-5,7,10-11H,1-2H3;3-6H,1-2H2;3H,1-2H3;1-2H3;/q-1;-2;-1;;. The van der Waals surface area contributed by atoms with Gasteiger partial charge in [0, 0.05) is 22.4 Å². The van der Waals surface area contributed by atoms with Crippen molar-refractivity contribution >= 4 is 5.69 Å². The molecule has 0 heterocycles. The summed E-state index contributed by atoms with van der Waals surface area (Å²) in [6.07, 6.45) is 2.00. The molecule has 0 saturated heterocycles. The van der Waals surface area contributed by atoms with Gasteiger partial charge in [0.1, 0.15) is 0 Å². The van der Waals surface area contributed by atoms with Gasteiger partial charge >= 0.3 is 0 Å². The van der Waals surface area contributed by atoms with Crippen LogP contribution in [0.25, 0.3) is 0 Å². The Kier molecular flexibility index (Phi) is 21.7. The zero-order chi connectivity index (χ0) is 19.0. The van der Waals surface area contributed by atoms with E-state index in [2.05, 4.69) is 33.8 Å². The maximum Gasteiger partial charge on any atom is 0 e. The van der Waals surface area contributed by atoms with Gasteiger partial charge in [-0.25, -0.2) is 12.1 Å². The number of hydrogen-bond donors (Lipinski definition) is 2. The van der Waals surface area contributed by atoms with Gasteiger partial charge in [-0.2, -0.15) is 37.6 Å². The van der Waals surface area contributed by atoms with Crippen molar-refractivity contribution in [3.8, 4) is 0 Å². The van der Waals surface area contributed by atoms with Crippen molar-refractivity contribution in [1.29, 1.82) is 0 Å². The van der Waals surface area contributed by atoms with Gasteiger partial charge in [0.05, 0.1) is 0 Å². The molecule has 141 valence electrons. The Bertz CT molecular complexity index is 489. The smallest absolute Gasteiger partial charge is 0 e. The second-order valence-electron chi connectivity index (χ2n) is 5.15. The van der Waals surface area contributed by atoms with Crippen LogP contribution in [0.5, 0.6) is 0 Å². The van der Waals surface area contributed by atoms with E-state index >= 15 is 0 Å². The summed E-state index contributed by atoms with van der Waals surface area (Å²) in [4.78, 5) is 0. The fourth-order valence-corrected chi connectivity index (χ4v) is 1.42. The first-order valence-electron chi connectivity index (χ1n) is 8.34. The van der Waals surface area contributed by atoms with Gasteiger partial charge < -0.3 is 6.42 Å². The minimum atomic E-state index is 0. The maximum atomic E-state index is 8.49. The first kappa shape index (κ1) is 28.5. The Morgan fingerprint density at radius 2 is 1.44 bits per heavy atom. The average molecular weight is 420 g/mol. The van der Waals surface area contributed by atoms with E-state index in [1.807, 2.05) is 76.0 Å². The van der Waals surface area contributed by atoms with Crippen molar-refractivity contribution in [3.05, 3.63) is 85.5 Å². The summed E-state index contributed by atoms with van der Waals surface area (Å²) in [5, 5.41) is 8.49. The van der Waals surface area contributed by atoms with E-state index in [0.717, 1.165) is 11.1 Å². The van der Waals surface area contributed by atoms with Crippen LogP contribution in [0.4, 0.5) is 5.69 Å². The molecule has 2 nitrogen and oxygen atoms in total. The van der Waals surface area contributed by atoms with E-state index < -0.39 is 0 Å².